The molecule has 0 aliphatic carbocycles. The zero-order valence-electron chi connectivity index (χ0n) is 15.8. The molecule has 4 aromatic rings. The largest absolute Gasteiger partial charge is 0.416 e. The topological polar surface area (TPSA) is 53.9 Å². The summed E-state index contributed by atoms with van der Waals surface area (Å²) in [4.78, 5) is 17.5. The number of benzene rings is 2. The number of amides is 1. The van der Waals surface area contributed by atoms with Gasteiger partial charge in [0.1, 0.15) is 5.69 Å². The summed E-state index contributed by atoms with van der Waals surface area (Å²) in [6, 6.07) is 14.8. The predicted octanol–water partition coefficient (Wildman–Crippen LogP) is 4.57. The van der Waals surface area contributed by atoms with Gasteiger partial charge in [-0.3, -0.25) is 4.79 Å². The van der Waals surface area contributed by atoms with Gasteiger partial charge in [-0.25, -0.2) is 4.68 Å². The van der Waals surface area contributed by atoms with Crippen LogP contribution in [0.5, 0.6) is 0 Å². The Morgan fingerprint density at radius 1 is 1.07 bits per heavy atom. The van der Waals surface area contributed by atoms with Gasteiger partial charge >= 0.3 is 6.18 Å². The van der Waals surface area contributed by atoms with E-state index in [0.29, 0.717) is 30.4 Å². The van der Waals surface area contributed by atoms with Gasteiger partial charge in [0, 0.05) is 36.0 Å². The van der Waals surface area contributed by atoms with E-state index in [1.165, 1.54) is 6.07 Å². The first-order valence-electron chi connectivity index (χ1n) is 9.50. The Hall–Kier alpha value is -3.55. The molecule has 1 aliphatic heterocycles. The van der Waals surface area contributed by atoms with Crippen molar-refractivity contribution in [3.8, 4) is 5.69 Å². The average Bonchev–Trinajstić information content (AvgIpc) is 3.36. The minimum atomic E-state index is -4.42. The van der Waals surface area contributed by atoms with E-state index >= 15 is 0 Å². The number of carbonyl (C=O) groups excluding carboxylic acids is 1. The lowest BCUT2D eigenvalue weighted by atomic mass is 10.1. The number of alkyl halides is 3. The first-order valence-corrected chi connectivity index (χ1v) is 9.50. The number of nitrogens with zero attached hydrogens (tertiary/aromatic N) is 3. The lowest BCUT2D eigenvalue weighted by Crippen LogP contribution is -2.36. The first kappa shape index (κ1) is 18.5. The second-order valence-corrected chi connectivity index (χ2v) is 7.32. The summed E-state index contributed by atoms with van der Waals surface area (Å²) in [7, 11) is 0. The zero-order valence-corrected chi connectivity index (χ0v) is 15.8. The highest BCUT2D eigenvalue weighted by Gasteiger charge is 2.31. The number of hydrogen-bond donors (Lipinski definition) is 1. The van der Waals surface area contributed by atoms with Crippen LogP contribution in [0.15, 0.2) is 60.8 Å². The summed E-state index contributed by atoms with van der Waals surface area (Å²) >= 11 is 0. The number of carbonyl (C=O) groups is 1. The van der Waals surface area contributed by atoms with Gasteiger partial charge in [0.25, 0.3) is 5.91 Å². The van der Waals surface area contributed by atoms with Gasteiger partial charge in [0.2, 0.25) is 0 Å². The Balaban J connectivity index is 1.40. The normalized spacial score (nSPS) is 14.2. The van der Waals surface area contributed by atoms with E-state index in [-0.39, 0.29) is 11.6 Å². The van der Waals surface area contributed by atoms with Crippen LogP contribution < -0.4 is 0 Å². The number of H-pyrrole nitrogens is 1. The summed E-state index contributed by atoms with van der Waals surface area (Å²) in [5.41, 5.74) is 2.83. The molecule has 1 N–H and O–H groups in total. The van der Waals surface area contributed by atoms with Crippen LogP contribution in [0, 0.1) is 0 Å². The fourth-order valence-electron chi connectivity index (χ4n) is 3.89. The van der Waals surface area contributed by atoms with Crippen molar-refractivity contribution in [2.75, 3.05) is 6.54 Å². The van der Waals surface area contributed by atoms with Crippen molar-refractivity contribution in [1.29, 1.82) is 0 Å². The molecule has 2 aromatic heterocycles. The molecule has 0 saturated heterocycles. The number of aromatic nitrogens is 3. The maximum absolute atomic E-state index is 13.0. The van der Waals surface area contributed by atoms with Crippen molar-refractivity contribution in [3.05, 3.63) is 83.3 Å². The lowest BCUT2D eigenvalue weighted by Gasteiger charge is -2.27. The van der Waals surface area contributed by atoms with Crippen molar-refractivity contribution >= 4 is 16.8 Å². The highest BCUT2D eigenvalue weighted by atomic mass is 19.4. The van der Waals surface area contributed by atoms with Gasteiger partial charge < -0.3 is 9.88 Å². The first-order chi connectivity index (χ1) is 14.4. The summed E-state index contributed by atoms with van der Waals surface area (Å²) in [5.74, 6) is -0.238. The molecule has 3 heterocycles. The third-order valence-electron chi connectivity index (χ3n) is 5.40. The van der Waals surface area contributed by atoms with E-state index in [9.17, 15) is 18.0 Å². The fourth-order valence-corrected chi connectivity index (χ4v) is 3.89. The van der Waals surface area contributed by atoms with E-state index < -0.39 is 11.7 Å². The third-order valence-corrected chi connectivity index (χ3v) is 5.40. The molecule has 0 unspecified atom stereocenters. The number of para-hydroxylation sites is 1. The van der Waals surface area contributed by atoms with Crippen LogP contribution in [0.25, 0.3) is 16.6 Å². The van der Waals surface area contributed by atoms with Crippen molar-refractivity contribution in [1.82, 2.24) is 19.7 Å². The van der Waals surface area contributed by atoms with Gasteiger partial charge in [-0.15, -0.1) is 0 Å². The van der Waals surface area contributed by atoms with Gasteiger partial charge in [-0.2, -0.15) is 18.3 Å². The molecular weight excluding hydrogens is 393 g/mol. The Morgan fingerprint density at radius 2 is 1.87 bits per heavy atom. The Kier molecular flexibility index (Phi) is 4.16. The molecular formula is C22H17F3N4O. The van der Waals surface area contributed by atoms with E-state index in [2.05, 4.69) is 10.1 Å². The number of hydrogen-bond acceptors (Lipinski definition) is 2. The van der Waals surface area contributed by atoms with Gasteiger partial charge in [-0.1, -0.05) is 24.3 Å². The van der Waals surface area contributed by atoms with Crippen molar-refractivity contribution in [2.45, 2.75) is 19.1 Å². The smallest absolute Gasteiger partial charge is 0.351 e. The number of rotatable bonds is 2. The molecule has 0 spiro atoms. The van der Waals surface area contributed by atoms with Crippen LogP contribution in [0.4, 0.5) is 13.2 Å². The van der Waals surface area contributed by atoms with E-state index in [4.69, 9.17) is 0 Å². The molecule has 0 saturated carbocycles. The Labute approximate surface area is 169 Å². The van der Waals surface area contributed by atoms with Crippen molar-refractivity contribution in [3.63, 3.8) is 0 Å². The summed E-state index contributed by atoms with van der Waals surface area (Å²) < 4.78 is 40.7. The third kappa shape index (κ3) is 3.14. The number of fused-ring (bicyclic) bond motifs is 2. The molecule has 2 aromatic carbocycles. The van der Waals surface area contributed by atoms with Crippen LogP contribution in [0.3, 0.4) is 0 Å². The number of halogens is 3. The summed E-state index contributed by atoms with van der Waals surface area (Å²) in [6.45, 7) is 0.914. The fraction of sp³-hybridized carbons (Fsp3) is 0.182. The summed E-state index contributed by atoms with van der Waals surface area (Å²) in [6.07, 6.45) is -2.01. The highest BCUT2D eigenvalue weighted by molar-refractivity contribution is 5.98. The maximum Gasteiger partial charge on any atom is 0.416 e. The molecule has 1 aliphatic rings. The van der Waals surface area contributed by atoms with E-state index in [1.807, 2.05) is 35.0 Å². The van der Waals surface area contributed by atoms with Gasteiger partial charge in [0.15, 0.2) is 0 Å². The highest BCUT2D eigenvalue weighted by Crippen LogP contribution is 2.32. The molecule has 0 atom stereocenters. The molecule has 152 valence electrons. The number of nitrogens with one attached hydrogen (secondary N) is 1. The molecule has 0 radical (unpaired) electrons. The van der Waals surface area contributed by atoms with Crippen LogP contribution >= 0.6 is 0 Å². The SMILES string of the molecule is O=C(c1cc2ccc(C(F)(F)F)cc2[nH]1)N1CCc2c(cnn2-c2ccccc2)C1. The van der Waals surface area contributed by atoms with Crippen molar-refractivity contribution < 1.29 is 18.0 Å². The average molecular weight is 410 g/mol. The summed E-state index contributed by atoms with van der Waals surface area (Å²) in [5, 5.41) is 5.04. The second-order valence-electron chi connectivity index (χ2n) is 7.32. The molecule has 8 heteroatoms. The monoisotopic (exact) mass is 410 g/mol. The molecule has 5 nitrogen and oxygen atoms in total. The zero-order chi connectivity index (χ0) is 20.9. The maximum atomic E-state index is 13.0. The molecule has 1 amide bonds. The molecule has 0 fully saturated rings. The van der Waals surface area contributed by atoms with E-state index in [1.54, 1.807) is 17.2 Å². The Bertz CT molecular complexity index is 1240. The lowest BCUT2D eigenvalue weighted by molar-refractivity contribution is -0.137. The molecule has 5 rings (SSSR count). The Morgan fingerprint density at radius 3 is 2.63 bits per heavy atom. The standard InChI is InChI=1S/C22H17F3N4O/c23-22(24,25)16-7-6-14-10-19(27-18(14)11-16)21(30)28-9-8-20-15(13-28)12-26-29(20)17-4-2-1-3-5-17/h1-7,10-12,27H,8-9,13H2. The van der Waals surface area contributed by atoms with Crippen LogP contribution in [0.2, 0.25) is 0 Å². The van der Waals surface area contributed by atoms with Gasteiger partial charge in [0.05, 0.1) is 23.1 Å². The predicted molar refractivity (Wildman–Crippen MR) is 105 cm³/mol. The van der Waals surface area contributed by atoms with Crippen LogP contribution in [-0.2, 0) is 19.1 Å². The second kappa shape index (κ2) is 6.76. The minimum Gasteiger partial charge on any atom is -0.351 e. The molecule has 30 heavy (non-hydrogen) atoms. The molecule has 0 bridgehead atoms. The quantitative estimate of drug-likeness (QED) is 0.526. The van der Waals surface area contributed by atoms with Crippen LogP contribution in [0.1, 0.15) is 27.3 Å². The van der Waals surface area contributed by atoms with Gasteiger partial charge in [-0.05, 0) is 30.3 Å². The minimum absolute atomic E-state index is 0.238. The van der Waals surface area contributed by atoms with E-state index in [0.717, 1.165) is 29.1 Å². The number of aromatic amines is 1. The van der Waals surface area contributed by atoms with Crippen molar-refractivity contribution in [2.24, 2.45) is 0 Å². The van der Waals surface area contributed by atoms with Crippen LogP contribution in [-0.4, -0.2) is 32.1 Å².